The molecule has 0 heterocycles. The lowest BCUT2D eigenvalue weighted by atomic mass is 9.89. The maximum Gasteiger partial charge on any atom is 0.469 e. The van der Waals surface area contributed by atoms with E-state index in [4.69, 9.17) is 24.7 Å². The highest BCUT2D eigenvalue weighted by atomic mass is 28.5. The van der Waals surface area contributed by atoms with Crippen LogP contribution < -0.4 is 0 Å². The van der Waals surface area contributed by atoms with Gasteiger partial charge in [0.1, 0.15) is 0 Å². The molecule has 50 heavy (non-hydrogen) atoms. The van der Waals surface area contributed by atoms with E-state index in [9.17, 15) is 52.7 Å². The second kappa shape index (κ2) is 19.0. The smallest absolute Gasteiger partial charge is 0.416 e. The Hall–Kier alpha value is 0.655. The maximum atomic E-state index is 14.9. The fourth-order valence-corrected chi connectivity index (χ4v) is 26.4. The van der Waals surface area contributed by atoms with E-state index in [1.807, 2.05) is 0 Å². The van der Waals surface area contributed by atoms with Crippen molar-refractivity contribution < 1.29 is 77.4 Å². The summed E-state index contributed by atoms with van der Waals surface area (Å²) in [6.07, 6.45) is -5.91. The first-order valence-electron chi connectivity index (χ1n) is 15.4. The molecule has 6 nitrogen and oxygen atoms in total. The molecule has 6 radical (unpaired) electrons. The molecule has 0 aliphatic rings. The normalized spacial score (nSPS) is 15.2. The van der Waals surface area contributed by atoms with Crippen LogP contribution in [-0.4, -0.2) is 107 Å². The maximum absolute atomic E-state index is 14.9. The van der Waals surface area contributed by atoms with Crippen LogP contribution in [0.2, 0.25) is 90.7 Å². The van der Waals surface area contributed by atoms with Crippen molar-refractivity contribution in [1.29, 1.82) is 0 Å². The fourth-order valence-electron chi connectivity index (χ4n) is 4.46. The number of hydrogen-bond acceptors (Lipinski definition) is 6. The van der Waals surface area contributed by atoms with Crippen LogP contribution in [0, 0.1) is 0 Å². The summed E-state index contributed by atoms with van der Waals surface area (Å²) < 4.78 is 212. The third-order valence-corrected chi connectivity index (χ3v) is 25.3. The SMILES string of the molecule is C[Si](C)O[Si](CCCCC(F)(F)C(F)(F)C(F)(F)C(F)(F)C(F)(F)C(F)(F)CC[Si](O[Si](C)C)(O[Si](C)C)O[Si](C)C)(O[Si](C)C)O[Si](C)C. The molecule has 0 saturated carbocycles. The van der Waals surface area contributed by atoms with Crippen LogP contribution in [0.4, 0.5) is 52.7 Å². The topological polar surface area (TPSA) is 55.4 Å². The molecule has 0 N–H and O–H groups in total. The van der Waals surface area contributed by atoms with E-state index in [0.717, 1.165) is 0 Å². The van der Waals surface area contributed by atoms with Crippen molar-refractivity contribution in [2.45, 2.75) is 152 Å². The van der Waals surface area contributed by atoms with E-state index in [2.05, 4.69) is 0 Å². The van der Waals surface area contributed by atoms with Gasteiger partial charge in [0.15, 0.2) is 54.2 Å². The summed E-state index contributed by atoms with van der Waals surface area (Å²) in [6.45, 7) is 19.4. The van der Waals surface area contributed by atoms with Gasteiger partial charge in [-0.1, -0.05) is 0 Å². The predicted molar refractivity (Wildman–Crippen MR) is 181 cm³/mol. The second-order valence-electron chi connectivity index (χ2n) is 12.8. The summed E-state index contributed by atoms with van der Waals surface area (Å²) in [7, 11) is -18.0. The summed E-state index contributed by atoms with van der Waals surface area (Å²) in [5, 5.41) is 0. The number of alkyl halides is 12. The molecule has 0 rings (SSSR count). The Morgan fingerprint density at radius 2 is 0.580 bits per heavy atom. The Labute approximate surface area is 300 Å². The molecule has 0 aromatic carbocycles. The van der Waals surface area contributed by atoms with Gasteiger partial charge in [0, 0.05) is 24.9 Å². The molecule has 0 aromatic rings. The van der Waals surface area contributed by atoms with Gasteiger partial charge < -0.3 is 24.7 Å². The molecule has 0 bridgehead atoms. The first kappa shape index (κ1) is 50.7. The van der Waals surface area contributed by atoms with Crippen LogP contribution in [0.25, 0.3) is 0 Å². The summed E-state index contributed by atoms with van der Waals surface area (Å²) >= 11 is 0. The summed E-state index contributed by atoms with van der Waals surface area (Å²) in [4.78, 5) is 0. The number of halogens is 12. The average molecular weight is 885 g/mol. The van der Waals surface area contributed by atoms with Crippen molar-refractivity contribution in [2.75, 3.05) is 0 Å². The van der Waals surface area contributed by atoms with Crippen LogP contribution in [0.1, 0.15) is 25.7 Å². The van der Waals surface area contributed by atoms with Crippen LogP contribution >= 0.6 is 0 Å². The highest BCUT2D eigenvalue weighted by molar-refractivity contribution is 6.80. The fraction of sp³-hybridized carbons (Fsp3) is 1.00. The monoisotopic (exact) mass is 884 g/mol. The third-order valence-electron chi connectivity index (χ3n) is 6.23. The number of unbranched alkanes of at least 4 members (excludes halogenated alkanes) is 1. The zero-order chi connectivity index (χ0) is 39.9. The largest absolute Gasteiger partial charge is 0.469 e. The Bertz CT molecular complexity index is 977. The van der Waals surface area contributed by atoms with Gasteiger partial charge >= 0.3 is 53.1 Å². The van der Waals surface area contributed by atoms with Crippen molar-refractivity contribution in [2.24, 2.45) is 0 Å². The highest BCUT2D eigenvalue weighted by Crippen LogP contribution is 2.61. The van der Waals surface area contributed by atoms with E-state index >= 15 is 0 Å². The highest BCUT2D eigenvalue weighted by Gasteiger charge is 2.89. The molecule has 0 saturated heterocycles. The zero-order valence-corrected chi connectivity index (χ0v) is 38.2. The first-order chi connectivity index (χ1) is 22.2. The average Bonchev–Trinajstić information content (AvgIpc) is 2.87. The summed E-state index contributed by atoms with van der Waals surface area (Å²) in [6, 6.07) is -1.46. The molecule has 0 unspecified atom stereocenters. The minimum absolute atomic E-state index is 0.203. The Morgan fingerprint density at radius 3 is 0.840 bits per heavy atom. The quantitative estimate of drug-likeness (QED) is 0.0518. The van der Waals surface area contributed by atoms with Gasteiger partial charge in [-0.05, 0) is 91.4 Å². The van der Waals surface area contributed by atoms with Crippen molar-refractivity contribution in [3.8, 4) is 0 Å². The predicted octanol–water partition coefficient (Wildman–Crippen LogP) is 9.84. The minimum atomic E-state index is -7.65. The van der Waals surface area contributed by atoms with Gasteiger partial charge in [-0.15, -0.1) is 0 Å². The van der Waals surface area contributed by atoms with E-state index in [1.165, 1.54) is 39.3 Å². The van der Waals surface area contributed by atoms with Gasteiger partial charge in [0.2, 0.25) is 0 Å². The van der Waals surface area contributed by atoms with Crippen LogP contribution in [0.15, 0.2) is 0 Å². The molecule has 296 valence electrons. The Balaban J connectivity index is 6.33. The van der Waals surface area contributed by atoms with Gasteiger partial charge in [-0.2, -0.15) is 52.7 Å². The Kier molecular flexibility index (Phi) is 19.2. The molecule has 0 atom stereocenters. The summed E-state index contributed by atoms with van der Waals surface area (Å²) in [5.41, 5.74) is 0. The molecule has 0 amide bonds. The molecule has 26 heteroatoms. The lowest BCUT2D eigenvalue weighted by molar-refractivity contribution is -0.425. The lowest BCUT2D eigenvalue weighted by Crippen LogP contribution is -2.70. The first-order valence-corrected chi connectivity index (χ1v) is 33.7. The summed E-state index contributed by atoms with van der Waals surface area (Å²) in [5.74, 6) is -41.9. The van der Waals surface area contributed by atoms with Crippen molar-refractivity contribution >= 4 is 71.9 Å². The minimum Gasteiger partial charge on any atom is -0.416 e. The molecule has 0 aliphatic heterocycles. The molecular formula is C24H48F12O6Si8. The molecule has 0 fully saturated rings. The molecular weight excluding hydrogens is 837 g/mol. The van der Waals surface area contributed by atoms with Crippen LogP contribution in [-0.2, 0) is 24.7 Å². The third kappa shape index (κ3) is 13.2. The zero-order valence-electron chi connectivity index (χ0n) is 30.2. The lowest BCUT2D eigenvalue weighted by Gasteiger charge is -2.42. The van der Waals surface area contributed by atoms with E-state index in [-0.39, 0.29) is 6.04 Å². The molecule has 0 spiro atoms. The van der Waals surface area contributed by atoms with Gasteiger partial charge in [0.25, 0.3) is 0 Å². The van der Waals surface area contributed by atoms with Crippen LogP contribution in [0.3, 0.4) is 0 Å². The van der Waals surface area contributed by atoms with Gasteiger partial charge in [-0.25, -0.2) is 0 Å². The molecule has 0 aliphatic carbocycles. The van der Waals surface area contributed by atoms with Crippen molar-refractivity contribution in [3.05, 3.63) is 0 Å². The van der Waals surface area contributed by atoms with Crippen molar-refractivity contribution in [3.63, 3.8) is 0 Å². The van der Waals surface area contributed by atoms with E-state index in [1.54, 1.807) is 39.3 Å². The van der Waals surface area contributed by atoms with E-state index < -0.39 is 139 Å². The van der Waals surface area contributed by atoms with Crippen molar-refractivity contribution in [1.82, 2.24) is 0 Å². The Morgan fingerprint density at radius 1 is 0.340 bits per heavy atom. The molecule has 0 aromatic heterocycles. The van der Waals surface area contributed by atoms with Gasteiger partial charge in [-0.3, -0.25) is 0 Å². The number of rotatable bonds is 25. The van der Waals surface area contributed by atoms with Gasteiger partial charge in [0.05, 0.1) is 0 Å². The number of hydrogen-bond donors (Lipinski definition) is 0. The standard InChI is InChI=1S/C24H48F12O6Si8/c1-43(2)37-49(38-44(3)4,39-45(5)6)17-14-13-15-19(25,26)21(29,30)23(33,34)24(35,36)22(31,32)20(27,28)16-18-50(40-46(7)8,41-47(9)10)42-48(11)12/h13-18H2,1-12H3. The van der Waals surface area contributed by atoms with Crippen LogP contribution in [0.5, 0.6) is 0 Å². The van der Waals surface area contributed by atoms with E-state index in [0.29, 0.717) is 0 Å². The second-order valence-corrected chi connectivity index (χ2v) is 32.4.